The Labute approximate surface area is 134 Å². The van der Waals surface area contributed by atoms with Crippen LogP contribution in [0.3, 0.4) is 0 Å². The van der Waals surface area contributed by atoms with Crippen molar-refractivity contribution in [1.82, 2.24) is 4.90 Å². The maximum atomic E-state index is 13.1. The molecule has 0 bridgehead atoms. The smallest absolute Gasteiger partial charge is 0.340 e. The van der Waals surface area contributed by atoms with Crippen LogP contribution in [0.25, 0.3) is 0 Å². The lowest BCUT2D eigenvalue weighted by Crippen LogP contribution is -2.39. The second-order valence-corrected chi connectivity index (χ2v) is 6.60. The molecule has 5 heteroatoms. The van der Waals surface area contributed by atoms with Gasteiger partial charge in [-0.3, -0.25) is 4.79 Å². The second kappa shape index (κ2) is 6.17. The number of benzene rings is 1. The SMILES string of the molecule is CCN(C(=O)C1CC1c1ccccc1C(F)(F)F)C1CCCC1. The molecule has 0 radical (unpaired) electrons. The standard InChI is InChI=1S/C18H22F3NO/c1-2-22(12-7-3-4-8-12)17(23)15-11-14(15)13-9-5-6-10-16(13)18(19,20)21/h5-6,9-10,12,14-15H,2-4,7-8,11H2,1H3. The highest BCUT2D eigenvalue weighted by Crippen LogP contribution is 2.52. The van der Waals surface area contributed by atoms with Gasteiger partial charge in [-0.25, -0.2) is 0 Å². The van der Waals surface area contributed by atoms with Gasteiger partial charge in [0.15, 0.2) is 0 Å². The van der Waals surface area contributed by atoms with Crippen LogP contribution in [0.5, 0.6) is 0 Å². The van der Waals surface area contributed by atoms with Crippen molar-refractivity contribution in [2.24, 2.45) is 5.92 Å². The highest BCUT2D eigenvalue weighted by atomic mass is 19.4. The van der Waals surface area contributed by atoms with Gasteiger partial charge in [-0.15, -0.1) is 0 Å². The average molecular weight is 325 g/mol. The molecular weight excluding hydrogens is 303 g/mol. The zero-order valence-electron chi connectivity index (χ0n) is 13.3. The molecular formula is C18H22F3NO. The van der Waals surface area contributed by atoms with Crippen LogP contribution in [0.1, 0.15) is 56.1 Å². The van der Waals surface area contributed by atoms with Crippen LogP contribution < -0.4 is 0 Å². The number of rotatable bonds is 4. The quantitative estimate of drug-likeness (QED) is 0.792. The summed E-state index contributed by atoms with van der Waals surface area (Å²) in [4.78, 5) is 14.6. The second-order valence-electron chi connectivity index (χ2n) is 6.60. The van der Waals surface area contributed by atoms with Gasteiger partial charge >= 0.3 is 6.18 Å². The Kier molecular flexibility index (Phi) is 4.39. The molecule has 2 nitrogen and oxygen atoms in total. The van der Waals surface area contributed by atoms with E-state index < -0.39 is 11.7 Å². The first kappa shape index (κ1) is 16.3. The molecule has 0 aliphatic heterocycles. The van der Waals surface area contributed by atoms with Gasteiger partial charge in [0.25, 0.3) is 0 Å². The molecule has 1 amide bonds. The third-order valence-electron chi connectivity index (χ3n) is 5.16. The normalized spacial score (nSPS) is 24.7. The first-order valence-electron chi connectivity index (χ1n) is 8.40. The minimum absolute atomic E-state index is 0.0429. The number of carbonyl (C=O) groups is 1. The third-order valence-corrected chi connectivity index (χ3v) is 5.16. The van der Waals surface area contributed by atoms with Gasteiger partial charge in [0.05, 0.1) is 5.56 Å². The van der Waals surface area contributed by atoms with Gasteiger partial charge in [-0.2, -0.15) is 13.2 Å². The minimum Gasteiger partial charge on any atom is -0.340 e. The summed E-state index contributed by atoms with van der Waals surface area (Å²) in [6.45, 7) is 2.60. The number of halogens is 3. The Hall–Kier alpha value is -1.52. The first-order valence-corrected chi connectivity index (χ1v) is 8.40. The maximum absolute atomic E-state index is 13.1. The predicted octanol–water partition coefficient (Wildman–Crippen LogP) is 4.60. The summed E-state index contributed by atoms with van der Waals surface area (Å²) < 4.78 is 39.4. The monoisotopic (exact) mass is 325 g/mol. The Bertz CT molecular complexity index is 578. The largest absolute Gasteiger partial charge is 0.416 e. The van der Waals surface area contributed by atoms with E-state index in [1.165, 1.54) is 12.1 Å². The van der Waals surface area contributed by atoms with Crippen molar-refractivity contribution in [2.75, 3.05) is 6.54 Å². The molecule has 2 atom stereocenters. The lowest BCUT2D eigenvalue weighted by molar-refractivity contribution is -0.139. The Morgan fingerprint density at radius 3 is 2.48 bits per heavy atom. The molecule has 2 aliphatic rings. The van der Waals surface area contributed by atoms with E-state index in [-0.39, 0.29) is 29.3 Å². The molecule has 2 unspecified atom stereocenters. The van der Waals surface area contributed by atoms with Crippen LogP contribution in [-0.2, 0) is 11.0 Å². The van der Waals surface area contributed by atoms with Crippen LogP contribution in [0.4, 0.5) is 13.2 Å². The molecule has 0 saturated heterocycles. The van der Waals surface area contributed by atoms with Crippen molar-refractivity contribution in [2.45, 2.75) is 57.2 Å². The summed E-state index contributed by atoms with van der Waals surface area (Å²) in [7, 11) is 0. The number of carbonyl (C=O) groups excluding carboxylic acids is 1. The van der Waals surface area contributed by atoms with E-state index in [0.29, 0.717) is 13.0 Å². The average Bonchev–Trinajstić information content (AvgIpc) is 3.14. The van der Waals surface area contributed by atoms with Crippen LogP contribution in [0.15, 0.2) is 24.3 Å². The molecule has 2 fully saturated rings. The van der Waals surface area contributed by atoms with Crippen LogP contribution >= 0.6 is 0 Å². The van der Waals surface area contributed by atoms with Crippen molar-refractivity contribution in [1.29, 1.82) is 0 Å². The Morgan fingerprint density at radius 2 is 1.87 bits per heavy atom. The fourth-order valence-corrected chi connectivity index (χ4v) is 3.91. The van der Waals surface area contributed by atoms with Crippen molar-refractivity contribution >= 4 is 5.91 Å². The summed E-state index contributed by atoms with van der Waals surface area (Å²) in [6, 6.07) is 5.95. The van der Waals surface area contributed by atoms with Gasteiger partial charge in [0, 0.05) is 18.5 Å². The molecule has 0 N–H and O–H groups in total. The third kappa shape index (κ3) is 3.24. The molecule has 2 saturated carbocycles. The lowest BCUT2D eigenvalue weighted by Gasteiger charge is -2.28. The molecule has 1 aromatic rings. The lowest BCUT2D eigenvalue weighted by atomic mass is 10.0. The van der Waals surface area contributed by atoms with Crippen molar-refractivity contribution < 1.29 is 18.0 Å². The Balaban J connectivity index is 1.75. The molecule has 0 aromatic heterocycles. The highest BCUT2D eigenvalue weighted by Gasteiger charge is 2.49. The Morgan fingerprint density at radius 1 is 1.22 bits per heavy atom. The van der Waals surface area contributed by atoms with E-state index in [1.54, 1.807) is 6.07 Å². The minimum atomic E-state index is -4.36. The van der Waals surface area contributed by atoms with E-state index in [0.717, 1.165) is 31.7 Å². The van der Waals surface area contributed by atoms with Gasteiger partial charge in [-0.1, -0.05) is 31.0 Å². The summed E-state index contributed by atoms with van der Waals surface area (Å²) in [5, 5.41) is 0. The number of nitrogens with zero attached hydrogens (tertiary/aromatic N) is 1. The van der Waals surface area contributed by atoms with E-state index in [4.69, 9.17) is 0 Å². The topological polar surface area (TPSA) is 20.3 Å². The van der Waals surface area contributed by atoms with Crippen molar-refractivity contribution in [3.05, 3.63) is 35.4 Å². The van der Waals surface area contributed by atoms with Gasteiger partial charge in [0.1, 0.15) is 0 Å². The van der Waals surface area contributed by atoms with E-state index in [9.17, 15) is 18.0 Å². The fourth-order valence-electron chi connectivity index (χ4n) is 3.91. The fraction of sp³-hybridized carbons (Fsp3) is 0.611. The summed E-state index contributed by atoms with van der Waals surface area (Å²) in [5.74, 6) is -0.517. The summed E-state index contributed by atoms with van der Waals surface area (Å²) >= 11 is 0. The molecule has 23 heavy (non-hydrogen) atoms. The molecule has 0 heterocycles. The zero-order valence-corrected chi connectivity index (χ0v) is 13.3. The highest BCUT2D eigenvalue weighted by molar-refractivity contribution is 5.83. The number of hydrogen-bond acceptors (Lipinski definition) is 1. The number of hydrogen-bond donors (Lipinski definition) is 0. The summed E-state index contributed by atoms with van der Waals surface area (Å²) in [5.41, 5.74) is -0.315. The van der Waals surface area contributed by atoms with Crippen molar-refractivity contribution in [3.8, 4) is 0 Å². The van der Waals surface area contributed by atoms with Crippen LogP contribution in [0, 0.1) is 5.92 Å². The number of alkyl halides is 3. The van der Waals surface area contributed by atoms with Crippen molar-refractivity contribution in [3.63, 3.8) is 0 Å². The van der Waals surface area contributed by atoms with E-state index >= 15 is 0 Å². The molecule has 126 valence electrons. The number of amides is 1. The predicted molar refractivity (Wildman–Crippen MR) is 81.9 cm³/mol. The molecule has 3 rings (SSSR count). The summed E-state index contributed by atoms with van der Waals surface area (Å²) in [6.07, 6.45) is 0.503. The molecule has 2 aliphatic carbocycles. The molecule has 0 spiro atoms. The van der Waals surface area contributed by atoms with Crippen LogP contribution in [-0.4, -0.2) is 23.4 Å². The van der Waals surface area contributed by atoms with Gasteiger partial charge in [0.2, 0.25) is 5.91 Å². The van der Waals surface area contributed by atoms with Gasteiger partial charge in [-0.05, 0) is 43.7 Å². The maximum Gasteiger partial charge on any atom is 0.416 e. The van der Waals surface area contributed by atoms with Gasteiger partial charge < -0.3 is 4.90 Å². The first-order chi connectivity index (χ1) is 10.9. The van der Waals surface area contributed by atoms with E-state index in [2.05, 4.69) is 0 Å². The zero-order chi connectivity index (χ0) is 16.6. The van der Waals surface area contributed by atoms with E-state index in [1.807, 2.05) is 11.8 Å². The van der Waals surface area contributed by atoms with Crippen LogP contribution in [0.2, 0.25) is 0 Å². The molecule has 1 aromatic carbocycles.